The van der Waals surface area contributed by atoms with E-state index in [9.17, 15) is 31.4 Å². The van der Waals surface area contributed by atoms with Gasteiger partial charge in [-0.1, -0.05) is 19.9 Å². The summed E-state index contributed by atoms with van der Waals surface area (Å²) in [5, 5.41) is 14.5. The number of aliphatic hydroxyl groups excluding tert-OH is 1. The normalized spacial score (nSPS) is 15.2. The van der Waals surface area contributed by atoms with Gasteiger partial charge in [0.05, 0.1) is 12.7 Å². The van der Waals surface area contributed by atoms with E-state index in [1.807, 2.05) is 0 Å². The number of benzene rings is 1. The van der Waals surface area contributed by atoms with Gasteiger partial charge in [0.2, 0.25) is 0 Å². The van der Waals surface area contributed by atoms with Crippen molar-refractivity contribution >= 4 is 0 Å². The largest absolute Gasteiger partial charge is 0.416 e. The lowest BCUT2D eigenvalue weighted by Crippen LogP contribution is -2.44. The SMILES string of the molecule is CC(C)(COC(F)(F)C(F)F)C(O)C(c1ccc(F)cc1F)n1cncn1. The average Bonchev–Trinajstić information content (AvgIpc) is 3.09. The van der Waals surface area contributed by atoms with Crippen molar-refractivity contribution in [3.63, 3.8) is 0 Å². The number of ether oxygens (including phenoxy) is 1. The zero-order valence-electron chi connectivity index (χ0n) is 14.3. The third kappa shape index (κ3) is 4.78. The number of halogens is 6. The third-order valence-electron chi connectivity index (χ3n) is 3.99. The van der Waals surface area contributed by atoms with Crippen LogP contribution in [-0.4, -0.2) is 45.1 Å². The molecule has 2 unspecified atom stereocenters. The highest BCUT2D eigenvalue weighted by Gasteiger charge is 2.46. The van der Waals surface area contributed by atoms with Gasteiger partial charge in [-0.2, -0.15) is 13.9 Å². The number of hydrogen-bond acceptors (Lipinski definition) is 4. The van der Waals surface area contributed by atoms with Gasteiger partial charge in [0, 0.05) is 17.0 Å². The summed E-state index contributed by atoms with van der Waals surface area (Å²) in [6.45, 7) is 1.56. The summed E-state index contributed by atoms with van der Waals surface area (Å²) in [5.74, 6) is -1.87. The molecule has 1 aromatic carbocycles. The van der Waals surface area contributed by atoms with E-state index in [1.165, 1.54) is 13.8 Å². The Kier molecular flexibility index (Phi) is 6.15. The van der Waals surface area contributed by atoms with Crippen molar-refractivity contribution in [2.24, 2.45) is 5.41 Å². The van der Waals surface area contributed by atoms with Crippen molar-refractivity contribution in [2.45, 2.75) is 38.5 Å². The molecule has 2 aromatic rings. The molecule has 150 valence electrons. The number of aliphatic hydroxyl groups is 1. The second-order valence-corrected chi connectivity index (χ2v) is 6.57. The summed E-state index contributed by atoms with van der Waals surface area (Å²) in [6.07, 6.45) is -8.16. The van der Waals surface area contributed by atoms with Gasteiger partial charge < -0.3 is 9.84 Å². The summed E-state index contributed by atoms with van der Waals surface area (Å²) in [7, 11) is 0. The fourth-order valence-electron chi connectivity index (χ4n) is 2.42. The van der Waals surface area contributed by atoms with E-state index in [0.717, 1.165) is 29.5 Å². The van der Waals surface area contributed by atoms with Crippen LogP contribution < -0.4 is 0 Å². The standard InChI is InChI=1S/C16H17F6N3O2/c1-15(2,6-27-16(21,22)14(19)20)13(26)12(25-8-23-7-24-25)10-4-3-9(17)5-11(10)18/h3-5,7-8,12-14,26H,6H2,1-2H3. The monoisotopic (exact) mass is 397 g/mol. The van der Waals surface area contributed by atoms with Crippen LogP contribution in [0.5, 0.6) is 0 Å². The molecule has 0 amide bonds. The van der Waals surface area contributed by atoms with E-state index in [4.69, 9.17) is 0 Å². The molecule has 2 rings (SSSR count). The maximum absolute atomic E-state index is 14.3. The second-order valence-electron chi connectivity index (χ2n) is 6.57. The summed E-state index contributed by atoms with van der Waals surface area (Å²) in [6, 6.07) is 1.29. The Hall–Kier alpha value is -2.14. The lowest BCUT2D eigenvalue weighted by molar-refractivity contribution is -0.311. The van der Waals surface area contributed by atoms with E-state index in [0.29, 0.717) is 6.07 Å². The van der Waals surface area contributed by atoms with Crippen LogP contribution >= 0.6 is 0 Å². The predicted octanol–water partition coefficient (Wildman–Crippen LogP) is 3.41. The zero-order valence-corrected chi connectivity index (χ0v) is 14.3. The van der Waals surface area contributed by atoms with Gasteiger partial charge in [-0.3, -0.25) is 0 Å². The first-order chi connectivity index (χ1) is 12.5. The molecule has 0 bridgehead atoms. The van der Waals surface area contributed by atoms with Crippen molar-refractivity contribution < 1.29 is 36.2 Å². The van der Waals surface area contributed by atoms with Gasteiger partial charge in [-0.05, 0) is 6.07 Å². The maximum atomic E-state index is 14.3. The first-order valence-electron chi connectivity index (χ1n) is 7.73. The smallest absolute Gasteiger partial charge is 0.390 e. The molecule has 2 atom stereocenters. The fourth-order valence-corrected chi connectivity index (χ4v) is 2.42. The van der Waals surface area contributed by atoms with E-state index < -0.39 is 48.3 Å². The Balaban J connectivity index is 2.35. The second kappa shape index (κ2) is 7.85. The van der Waals surface area contributed by atoms with Crippen LogP contribution in [0.1, 0.15) is 25.5 Å². The van der Waals surface area contributed by atoms with Crippen LogP contribution in [0, 0.1) is 17.0 Å². The Labute approximate surface area is 150 Å². The van der Waals surface area contributed by atoms with Gasteiger partial charge in [-0.15, -0.1) is 0 Å². The van der Waals surface area contributed by atoms with E-state index >= 15 is 0 Å². The molecule has 0 aliphatic carbocycles. The van der Waals surface area contributed by atoms with Crippen molar-refractivity contribution in [3.8, 4) is 0 Å². The Bertz CT molecular complexity index is 755. The molecular weight excluding hydrogens is 380 g/mol. The van der Waals surface area contributed by atoms with E-state index in [1.54, 1.807) is 0 Å². The van der Waals surface area contributed by atoms with Crippen molar-refractivity contribution in [1.82, 2.24) is 14.8 Å². The molecule has 0 aliphatic heterocycles. The molecule has 0 aliphatic rings. The molecule has 0 saturated carbocycles. The number of nitrogens with zero attached hydrogens (tertiary/aromatic N) is 3. The molecule has 0 spiro atoms. The van der Waals surface area contributed by atoms with Crippen LogP contribution in [-0.2, 0) is 4.74 Å². The van der Waals surface area contributed by atoms with Crippen LogP contribution in [0.4, 0.5) is 26.3 Å². The van der Waals surface area contributed by atoms with Gasteiger partial charge in [0.15, 0.2) is 0 Å². The maximum Gasteiger partial charge on any atom is 0.416 e. The Morgan fingerprint density at radius 3 is 2.41 bits per heavy atom. The minimum Gasteiger partial charge on any atom is -0.390 e. The van der Waals surface area contributed by atoms with E-state index in [2.05, 4.69) is 14.8 Å². The third-order valence-corrected chi connectivity index (χ3v) is 3.99. The minimum atomic E-state index is -4.71. The Morgan fingerprint density at radius 2 is 1.89 bits per heavy atom. The first kappa shape index (κ1) is 21.2. The van der Waals surface area contributed by atoms with Gasteiger partial charge in [-0.25, -0.2) is 27.2 Å². The Morgan fingerprint density at radius 1 is 1.22 bits per heavy atom. The summed E-state index contributed by atoms with van der Waals surface area (Å²) in [5.41, 5.74) is -1.74. The molecule has 0 fully saturated rings. The number of hydrogen-bond donors (Lipinski definition) is 1. The summed E-state index contributed by atoms with van der Waals surface area (Å²) in [4.78, 5) is 3.68. The predicted molar refractivity (Wildman–Crippen MR) is 81.2 cm³/mol. The van der Waals surface area contributed by atoms with Crippen LogP contribution in [0.3, 0.4) is 0 Å². The number of alkyl halides is 4. The molecule has 27 heavy (non-hydrogen) atoms. The number of rotatable bonds is 8. The van der Waals surface area contributed by atoms with Gasteiger partial charge in [0.1, 0.15) is 30.3 Å². The molecule has 0 saturated heterocycles. The molecule has 1 aromatic heterocycles. The summed E-state index contributed by atoms with van der Waals surface area (Å²) >= 11 is 0. The van der Waals surface area contributed by atoms with Crippen molar-refractivity contribution in [2.75, 3.05) is 6.61 Å². The molecule has 0 radical (unpaired) electrons. The topological polar surface area (TPSA) is 60.2 Å². The summed E-state index contributed by atoms with van der Waals surface area (Å²) < 4.78 is 83.2. The fraction of sp³-hybridized carbons (Fsp3) is 0.500. The van der Waals surface area contributed by atoms with Crippen LogP contribution in [0.2, 0.25) is 0 Å². The van der Waals surface area contributed by atoms with Gasteiger partial charge in [0.25, 0.3) is 0 Å². The minimum absolute atomic E-state index is 0.192. The van der Waals surface area contributed by atoms with Crippen LogP contribution in [0.15, 0.2) is 30.9 Å². The zero-order chi connectivity index (χ0) is 20.4. The first-order valence-corrected chi connectivity index (χ1v) is 7.73. The lowest BCUT2D eigenvalue weighted by Gasteiger charge is -2.36. The van der Waals surface area contributed by atoms with Gasteiger partial charge >= 0.3 is 12.5 Å². The average molecular weight is 397 g/mol. The molecule has 1 heterocycles. The quantitative estimate of drug-likeness (QED) is 0.694. The molecular formula is C16H17F6N3O2. The molecule has 1 N–H and O–H groups in total. The highest BCUT2D eigenvalue weighted by molar-refractivity contribution is 5.24. The molecule has 5 nitrogen and oxygen atoms in total. The highest BCUT2D eigenvalue weighted by Crippen LogP contribution is 2.36. The van der Waals surface area contributed by atoms with Crippen molar-refractivity contribution in [1.29, 1.82) is 0 Å². The lowest BCUT2D eigenvalue weighted by atomic mass is 9.81. The molecule has 11 heteroatoms. The number of aromatic nitrogens is 3. The van der Waals surface area contributed by atoms with Crippen molar-refractivity contribution in [3.05, 3.63) is 48.1 Å². The highest BCUT2D eigenvalue weighted by atomic mass is 19.3. The van der Waals surface area contributed by atoms with E-state index in [-0.39, 0.29) is 5.56 Å². The van der Waals surface area contributed by atoms with Crippen LogP contribution in [0.25, 0.3) is 0 Å².